The summed E-state index contributed by atoms with van der Waals surface area (Å²) in [4.78, 5) is 13.4. The number of hydrogen-bond donors (Lipinski definition) is 0. The van der Waals surface area contributed by atoms with Gasteiger partial charge in [0.1, 0.15) is 0 Å². The molecular weight excluding hydrogens is 105 g/mol. The van der Waals surface area contributed by atoms with Crippen molar-refractivity contribution in [2.75, 3.05) is 0 Å². The van der Waals surface area contributed by atoms with Crippen LogP contribution in [-0.4, -0.2) is 0 Å². The van der Waals surface area contributed by atoms with Gasteiger partial charge in [-0.05, 0) is 0 Å². The maximum Gasteiger partial charge on any atom is 0.436 e. The fourth-order valence-corrected chi connectivity index (χ4v) is 0.0980. The van der Waals surface area contributed by atoms with E-state index in [0.717, 1.165) is 0 Å². The first kappa shape index (κ1) is 5.37. The van der Waals surface area contributed by atoms with Gasteiger partial charge in [-0.2, -0.15) is 0 Å². The van der Waals surface area contributed by atoms with Crippen molar-refractivity contribution in [3.05, 3.63) is 10.4 Å². The lowest BCUT2D eigenvalue weighted by Gasteiger charge is -1.60. The van der Waals surface area contributed by atoms with Gasteiger partial charge in [0.05, 0.1) is 0 Å². The second kappa shape index (κ2) is 2.60. The quantitative estimate of drug-likeness (QED) is 0.208. The van der Waals surface area contributed by atoms with E-state index < -0.39 is 8.18 Å². The average Bonchev–Trinajstić information content (AvgIpc) is 1.35. The molecule has 1 atom stereocenters. The molecule has 6 heteroatoms. The summed E-state index contributed by atoms with van der Waals surface area (Å²) in [6.07, 6.45) is 0. The first-order valence-corrected chi connectivity index (χ1v) is 2.10. The Balaban J connectivity index is 3.60. The zero-order valence-electron chi connectivity index (χ0n) is 2.61. The van der Waals surface area contributed by atoms with Crippen LogP contribution < -0.4 is 4.89 Å². The molecule has 1 unspecified atom stereocenters. The highest BCUT2D eigenvalue weighted by Gasteiger charge is 1.85. The van der Waals surface area contributed by atoms with Crippen LogP contribution in [0, 0.1) is 0 Å². The minimum Gasteiger partial charge on any atom is -0.583 e. The average molecular weight is 105 g/mol. The van der Waals surface area contributed by atoms with Gasteiger partial charge in [0.25, 0.3) is 0 Å². The van der Waals surface area contributed by atoms with Crippen molar-refractivity contribution in [1.29, 1.82) is 0 Å². The van der Waals surface area contributed by atoms with E-state index in [9.17, 15) is 9.46 Å². The smallest absolute Gasteiger partial charge is 0.436 e. The standard InChI is InChI=1S/N3O2P/c1-2-3-6(4)5. The highest BCUT2D eigenvalue weighted by Crippen LogP contribution is 2.05. The second-order valence-corrected chi connectivity index (χ2v) is 1.07. The summed E-state index contributed by atoms with van der Waals surface area (Å²) in [5.74, 6) is 0. The molecule has 0 aliphatic rings. The summed E-state index contributed by atoms with van der Waals surface area (Å²) in [5.41, 5.74) is 7.31. The predicted octanol–water partition coefficient (Wildman–Crippen LogP) is 0.314. The van der Waals surface area contributed by atoms with Crippen LogP contribution >= 0.6 is 8.18 Å². The monoisotopic (exact) mass is 105 g/mol. The summed E-state index contributed by atoms with van der Waals surface area (Å²) in [6, 6.07) is 0. The van der Waals surface area contributed by atoms with E-state index in [-0.39, 0.29) is 0 Å². The summed E-state index contributed by atoms with van der Waals surface area (Å²) >= 11 is 0. The third kappa shape index (κ3) is 3.37. The lowest BCUT2D eigenvalue weighted by molar-refractivity contribution is -0.164. The van der Waals surface area contributed by atoms with Gasteiger partial charge in [-0.15, -0.1) is 0 Å². The Labute approximate surface area is 34.1 Å². The SMILES string of the molecule is [N-]=[N+]=N[P+](=O)[O-]. The maximum absolute atomic E-state index is 9.22. The zero-order valence-corrected chi connectivity index (χ0v) is 3.50. The molecule has 0 fully saturated rings. The first-order chi connectivity index (χ1) is 2.77. The molecule has 0 heterocycles. The molecule has 6 heavy (non-hydrogen) atoms. The molecule has 0 spiro atoms. The largest absolute Gasteiger partial charge is 0.583 e. The first-order valence-electron chi connectivity index (χ1n) is 0.965. The minimum absolute atomic E-state index is 1.96. The lowest BCUT2D eigenvalue weighted by atomic mass is 13.0. The maximum atomic E-state index is 9.22. The topological polar surface area (TPSA) is 88.9 Å². The fraction of sp³-hybridized carbons (Fsp3) is 0. The molecule has 0 saturated heterocycles. The van der Waals surface area contributed by atoms with E-state index in [1.165, 1.54) is 0 Å². The second-order valence-electron chi connectivity index (χ2n) is 0.417. The van der Waals surface area contributed by atoms with E-state index >= 15 is 0 Å². The van der Waals surface area contributed by atoms with Crippen molar-refractivity contribution < 1.29 is 9.46 Å². The van der Waals surface area contributed by atoms with Gasteiger partial charge < -0.3 is 4.89 Å². The third-order valence-electron chi connectivity index (χ3n) is 0.113. The van der Waals surface area contributed by atoms with Crippen molar-refractivity contribution in [2.24, 2.45) is 4.88 Å². The van der Waals surface area contributed by atoms with Gasteiger partial charge in [0.15, 0.2) is 4.88 Å². The molecule has 0 bridgehead atoms. The Morgan fingerprint density at radius 3 is 2.50 bits per heavy atom. The molecule has 0 amide bonds. The summed E-state index contributed by atoms with van der Waals surface area (Å²) in [5, 5.41) is 0. The van der Waals surface area contributed by atoms with Crippen LogP contribution in [0.25, 0.3) is 10.4 Å². The van der Waals surface area contributed by atoms with Crippen LogP contribution in [0.5, 0.6) is 0 Å². The third-order valence-corrected chi connectivity index (χ3v) is 0.339. The predicted molar refractivity (Wildman–Crippen MR) is 16.8 cm³/mol. The van der Waals surface area contributed by atoms with Crippen LogP contribution in [0.4, 0.5) is 0 Å². The van der Waals surface area contributed by atoms with Crippen molar-refractivity contribution in [3.63, 3.8) is 0 Å². The number of nitrogens with zero attached hydrogens (tertiary/aromatic N) is 3. The van der Waals surface area contributed by atoms with Crippen molar-refractivity contribution in [2.45, 2.75) is 0 Å². The molecule has 0 aliphatic heterocycles. The Morgan fingerprint density at radius 1 is 2.00 bits per heavy atom. The van der Waals surface area contributed by atoms with Crippen LogP contribution in [0.1, 0.15) is 0 Å². The molecule has 5 nitrogen and oxygen atoms in total. The summed E-state index contributed by atoms with van der Waals surface area (Å²) in [6.45, 7) is 0. The zero-order chi connectivity index (χ0) is 4.99. The highest BCUT2D eigenvalue weighted by molar-refractivity contribution is 7.34. The number of azide groups is 1. The Bertz CT molecular complexity index is 101. The van der Waals surface area contributed by atoms with E-state index in [1.807, 2.05) is 4.91 Å². The molecule has 0 aromatic rings. The van der Waals surface area contributed by atoms with Gasteiger partial charge in [0.2, 0.25) is 0 Å². The van der Waals surface area contributed by atoms with Crippen molar-refractivity contribution in [3.8, 4) is 0 Å². The van der Waals surface area contributed by atoms with Gasteiger partial charge in [-0.3, -0.25) is 0 Å². The number of rotatable bonds is 1. The van der Waals surface area contributed by atoms with Crippen LogP contribution in [0.3, 0.4) is 0 Å². The van der Waals surface area contributed by atoms with Gasteiger partial charge in [0, 0.05) is 10.4 Å². The Kier molecular flexibility index (Phi) is 2.33. The molecule has 0 saturated carbocycles. The molecule has 0 aromatic carbocycles. The molecule has 0 N–H and O–H groups in total. The molecule has 32 valence electrons. The van der Waals surface area contributed by atoms with Gasteiger partial charge >= 0.3 is 8.18 Å². The number of hydrogen-bond acceptors (Lipinski definition) is 2. The highest BCUT2D eigenvalue weighted by atomic mass is 31.1. The normalized spacial score (nSPS) is 9.17. The van der Waals surface area contributed by atoms with Crippen LogP contribution in [0.2, 0.25) is 0 Å². The molecule has 0 rings (SSSR count). The van der Waals surface area contributed by atoms with E-state index in [4.69, 9.17) is 5.53 Å². The van der Waals surface area contributed by atoms with Crippen LogP contribution in [-0.2, 0) is 4.57 Å². The van der Waals surface area contributed by atoms with E-state index in [2.05, 4.69) is 4.88 Å². The Hall–Kier alpha value is -0.630. The van der Waals surface area contributed by atoms with Gasteiger partial charge in [-0.1, -0.05) is 4.57 Å². The Morgan fingerprint density at radius 2 is 2.50 bits per heavy atom. The van der Waals surface area contributed by atoms with Crippen LogP contribution in [0.15, 0.2) is 4.88 Å². The fourth-order valence-electron chi connectivity index (χ4n) is 0.0327. The van der Waals surface area contributed by atoms with E-state index in [0.29, 0.717) is 0 Å². The molecule has 0 aromatic heterocycles. The molecule has 0 aliphatic carbocycles. The lowest BCUT2D eigenvalue weighted by Crippen LogP contribution is -1.77. The van der Waals surface area contributed by atoms with E-state index in [1.54, 1.807) is 0 Å². The van der Waals surface area contributed by atoms with Crippen molar-refractivity contribution >= 4 is 8.18 Å². The summed E-state index contributed by atoms with van der Waals surface area (Å²) in [7, 11) is -2.89. The summed E-state index contributed by atoms with van der Waals surface area (Å²) < 4.78 is 9.22. The molecular formula is N3O2P. The van der Waals surface area contributed by atoms with Crippen molar-refractivity contribution in [1.82, 2.24) is 0 Å². The minimum atomic E-state index is -2.89. The molecule has 0 radical (unpaired) electrons. The van der Waals surface area contributed by atoms with Gasteiger partial charge in [-0.25, -0.2) is 0 Å².